The normalized spacial score (nSPS) is 12.8. The topological polar surface area (TPSA) is 46.0 Å². The van der Waals surface area contributed by atoms with E-state index in [-0.39, 0.29) is 0 Å². The lowest BCUT2D eigenvalue weighted by Gasteiger charge is -2.11. The number of aromatic nitrogens is 1. The maximum absolute atomic E-state index is 13.9. The van der Waals surface area contributed by atoms with Crippen molar-refractivity contribution in [2.45, 2.75) is 5.38 Å². The van der Waals surface area contributed by atoms with Crippen molar-refractivity contribution < 1.29 is 8.81 Å². The zero-order valence-electron chi connectivity index (χ0n) is 9.99. The van der Waals surface area contributed by atoms with Gasteiger partial charge < -0.3 is 4.42 Å². The maximum Gasteiger partial charge on any atom is 0.417 e. The van der Waals surface area contributed by atoms with Gasteiger partial charge in [-0.05, 0) is 29.8 Å². The van der Waals surface area contributed by atoms with E-state index in [1.165, 1.54) is 12.1 Å². The Labute approximate surface area is 122 Å². The average molecular weight is 312 g/mol. The van der Waals surface area contributed by atoms with Crippen LogP contribution in [0.25, 0.3) is 11.1 Å². The molecule has 0 bridgehead atoms. The molecule has 3 rings (SSSR count). The number of hydrogen-bond donors (Lipinski definition) is 1. The first-order valence-corrected chi connectivity index (χ1v) is 6.58. The summed E-state index contributed by atoms with van der Waals surface area (Å²) in [6.45, 7) is 0. The Hall–Kier alpha value is -1.78. The Morgan fingerprint density at radius 2 is 2.00 bits per heavy atom. The highest BCUT2D eigenvalue weighted by Crippen LogP contribution is 2.32. The molecule has 6 heteroatoms. The van der Waals surface area contributed by atoms with Crippen molar-refractivity contribution in [3.05, 3.63) is 68.9 Å². The van der Waals surface area contributed by atoms with Gasteiger partial charge >= 0.3 is 5.76 Å². The Balaban J connectivity index is 2.06. The van der Waals surface area contributed by atoms with Crippen LogP contribution < -0.4 is 5.76 Å². The van der Waals surface area contributed by atoms with E-state index in [1.807, 2.05) is 0 Å². The third kappa shape index (κ3) is 2.32. The van der Waals surface area contributed by atoms with Gasteiger partial charge in [-0.2, -0.15) is 0 Å². The molecule has 0 radical (unpaired) electrons. The minimum atomic E-state index is -0.697. The molecule has 0 spiro atoms. The summed E-state index contributed by atoms with van der Waals surface area (Å²) >= 11 is 12.0. The highest BCUT2D eigenvalue weighted by Gasteiger charge is 2.16. The molecule has 0 aliphatic heterocycles. The molecule has 0 fully saturated rings. The van der Waals surface area contributed by atoms with Gasteiger partial charge in [-0.25, -0.2) is 9.18 Å². The number of rotatable bonds is 2. The number of aromatic amines is 1. The SMILES string of the molecule is O=c1[nH]c2ccc(C(Cl)c3ccc(Cl)cc3F)cc2o1. The van der Waals surface area contributed by atoms with Gasteiger partial charge in [-0.3, -0.25) is 4.98 Å². The molecule has 3 nitrogen and oxygen atoms in total. The van der Waals surface area contributed by atoms with E-state index >= 15 is 0 Å². The van der Waals surface area contributed by atoms with Crippen LogP contribution in [0, 0.1) is 5.82 Å². The molecule has 3 aromatic rings. The van der Waals surface area contributed by atoms with E-state index in [0.29, 0.717) is 27.2 Å². The van der Waals surface area contributed by atoms with E-state index in [9.17, 15) is 9.18 Å². The zero-order chi connectivity index (χ0) is 14.3. The molecule has 0 saturated carbocycles. The van der Waals surface area contributed by atoms with Gasteiger partial charge in [0.25, 0.3) is 0 Å². The Kier molecular flexibility index (Phi) is 3.28. The molecule has 20 heavy (non-hydrogen) atoms. The number of H-pyrrole nitrogens is 1. The lowest BCUT2D eigenvalue weighted by molar-refractivity contribution is 0.555. The fourth-order valence-corrected chi connectivity index (χ4v) is 2.48. The van der Waals surface area contributed by atoms with Crippen molar-refractivity contribution in [1.29, 1.82) is 0 Å². The molecule has 1 aromatic heterocycles. The van der Waals surface area contributed by atoms with Crippen molar-refractivity contribution in [3.63, 3.8) is 0 Å². The summed E-state index contributed by atoms with van der Waals surface area (Å²) in [7, 11) is 0. The molecule has 1 heterocycles. The summed E-state index contributed by atoms with van der Waals surface area (Å²) in [6, 6.07) is 9.30. The minimum absolute atomic E-state index is 0.308. The van der Waals surface area contributed by atoms with Crippen LogP contribution in [0.5, 0.6) is 0 Å². The number of hydrogen-bond acceptors (Lipinski definition) is 2. The van der Waals surface area contributed by atoms with Crippen molar-refractivity contribution >= 4 is 34.3 Å². The van der Waals surface area contributed by atoms with Crippen molar-refractivity contribution in [3.8, 4) is 0 Å². The number of benzene rings is 2. The first-order chi connectivity index (χ1) is 9.54. The van der Waals surface area contributed by atoms with Crippen molar-refractivity contribution in [1.82, 2.24) is 4.98 Å². The van der Waals surface area contributed by atoms with Crippen LogP contribution >= 0.6 is 23.2 Å². The number of alkyl halides is 1. The monoisotopic (exact) mass is 311 g/mol. The zero-order valence-corrected chi connectivity index (χ0v) is 11.5. The third-order valence-corrected chi connectivity index (χ3v) is 3.70. The van der Waals surface area contributed by atoms with Crippen LogP contribution in [0.15, 0.2) is 45.6 Å². The smallest absolute Gasteiger partial charge is 0.408 e. The highest BCUT2D eigenvalue weighted by atomic mass is 35.5. The van der Waals surface area contributed by atoms with Crippen LogP contribution in [0.4, 0.5) is 4.39 Å². The van der Waals surface area contributed by atoms with Crippen LogP contribution in [0.1, 0.15) is 16.5 Å². The summed E-state index contributed by atoms with van der Waals surface area (Å²) in [5.74, 6) is -1.02. The van der Waals surface area contributed by atoms with Crippen LogP contribution in [0.2, 0.25) is 5.02 Å². The Bertz CT molecular complexity index is 841. The summed E-state index contributed by atoms with van der Waals surface area (Å²) in [5, 5.41) is -0.390. The van der Waals surface area contributed by atoms with E-state index in [4.69, 9.17) is 27.6 Å². The second-order valence-electron chi connectivity index (χ2n) is 4.30. The molecular weight excluding hydrogens is 304 g/mol. The number of nitrogens with one attached hydrogen (secondary N) is 1. The van der Waals surface area contributed by atoms with Crippen molar-refractivity contribution in [2.24, 2.45) is 0 Å². The average Bonchev–Trinajstić information content (AvgIpc) is 2.77. The van der Waals surface area contributed by atoms with Crippen LogP contribution in [-0.4, -0.2) is 4.98 Å². The maximum atomic E-state index is 13.9. The third-order valence-electron chi connectivity index (χ3n) is 2.97. The minimum Gasteiger partial charge on any atom is -0.408 e. The molecule has 0 aliphatic carbocycles. The Morgan fingerprint density at radius 3 is 2.75 bits per heavy atom. The fourth-order valence-electron chi connectivity index (χ4n) is 2.01. The van der Waals surface area contributed by atoms with E-state index < -0.39 is 17.0 Å². The molecule has 1 atom stereocenters. The van der Waals surface area contributed by atoms with Gasteiger partial charge in [0.1, 0.15) is 5.82 Å². The van der Waals surface area contributed by atoms with Gasteiger partial charge in [0.2, 0.25) is 0 Å². The van der Waals surface area contributed by atoms with Gasteiger partial charge in [0, 0.05) is 10.6 Å². The first-order valence-electron chi connectivity index (χ1n) is 5.76. The van der Waals surface area contributed by atoms with Gasteiger partial charge in [0.15, 0.2) is 5.58 Å². The number of oxazole rings is 1. The summed E-state index contributed by atoms with van der Waals surface area (Å²) in [6.07, 6.45) is 0. The number of fused-ring (bicyclic) bond motifs is 1. The second-order valence-corrected chi connectivity index (χ2v) is 5.17. The second kappa shape index (κ2) is 4.96. The summed E-state index contributed by atoms with van der Waals surface area (Å²) < 4.78 is 18.8. The fraction of sp³-hybridized carbons (Fsp3) is 0.0714. The molecule has 102 valence electrons. The predicted octanol–water partition coefficient (Wildman–Crippen LogP) is 4.24. The molecule has 0 aliphatic rings. The number of halogens is 3. The molecule has 0 saturated heterocycles. The Morgan fingerprint density at radius 1 is 1.20 bits per heavy atom. The standard InChI is InChI=1S/C14H8Cl2FNO2/c15-8-2-3-9(10(17)6-8)13(16)7-1-4-11-12(5-7)20-14(19)18-11/h1-6,13H,(H,18,19). The quantitative estimate of drug-likeness (QED) is 0.719. The highest BCUT2D eigenvalue weighted by molar-refractivity contribution is 6.30. The predicted molar refractivity (Wildman–Crippen MR) is 75.9 cm³/mol. The van der Waals surface area contributed by atoms with Crippen LogP contribution in [-0.2, 0) is 0 Å². The molecule has 0 amide bonds. The van der Waals surface area contributed by atoms with E-state index in [2.05, 4.69) is 4.98 Å². The molecule has 1 N–H and O–H groups in total. The van der Waals surface area contributed by atoms with Gasteiger partial charge in [-0.15, -0.1) is 11.6 Å². The van der Waals surface area contributed by atoms with Crippen molar-refractivity contribution in [2.75, 3.05) is 0 Å². The molecule has 1 unspecified atom stereocenters. The largest absolute Gasteiger partial charge is 0.417 e. The summed E-state index contributed by atoms with van der Waals surface area (Å²) in [4.78, 5) is 13.6. The van der Waals surface area contributed by atoms with Gasteiger partial charge in [0.05, 0.1) is 10.9 Å². The van der Waals surface area contributed by atoms with E-state index in [0.717, 1.165) is 0 Å². The summed E-state index contributed by atoms with van der Waals surface area (Å²) in [5.41, 5.74) is 1.89. The van der Waals surface area contributed by atoms with E-state index in [1.54, 1.807) is 24.3 Å². The van der Waals surface area contributed by atoms with Crippen LogP contribution in [0.3, 0.4) is 0 Å². The molecule has 2 aromatic carbocycles. The van der Waals surface area contributed by atoms with Gasteiger partial charge in [-0.1, -0.05) is 23.7 Å². The lowest BCUT2D eigenvalue weighted by Crippen LogP contribution is -1.96. The molecular formula is C14H8Cl2FNO2. The first kappa shape index (κ1) is 13.2. The lowest BCUT2D eigenvalue weighted by atomic mass is 10.0.